The number of hydrogen-bond donors (Lipinski definition) is 1. The van der Waals surface area contributed by atoms with Crippen LogP contribution in [0.2, 0.25) is 0 Å². The third kappa shape index (κ3) is 3.32. The van der Waals surface area contributed by atoms with E-state index in [0.717, 1.165) is 23.5 Å². The van der Waals surface area contributed by atoms with Gasteiger partial charge in [-0.25, -0.2) is 9.78 Å². The molecule has 4 rings (SSSR count). The molecule has 0 bridgehead atoms. The van der Waals surface area contributed by atoms with Gasteiger partial charge in [0.2, 0.25) is 0 Å². The number of carbonyl (C=O) groups is 2. The Morgan fingerprint density at radius 2 is 2.04 bits per heavy atom. The fraction of sp³-hybridized carbons (Fsp3) is 0.368. The van der Waals surface area contributed by atoms with Gasteiger partial charge >= 0.3 is 5.97 Å². The molecule has 1 N–H and O–H groups in total. The van der Waals surface area contributed by atoms with E-state index in [1.54, 1.807) is 28.4 Å². The summed E-state index contributed by atoms with van der Waals surface area (Å²) < 4.78 is 0. The van der Waals surface area contributed by atoms with E-state index in [0.29, 0.717) is 17.9 Å². The van der Waals surface area contributed by atoms with E-state index in [-0.39, 0.29) is 18.4 Å². The molecule has 0 radical (unpaired) electrons. The summed E-state index contributed by atoms with van der Waals surface area (Å²) in [7, 11) is 0. The van der Waals surface area contributed by atoms with Crippen LogP contribution in [0.4, 0.5) is 5.69 Å². The first-order valence-corrected chi connectivity index (χ1v) is 9.80. The van der Waals surface area contributed by atoms with Crippen LogP contribution in [0.15, 0.2) is 40.8 Å². The van der Waals surface area contributed by atoms with Crippen molar-refractivity contribution in [2.24, 2.45) is 5.10 Å². The number of para-hydroxylation sites is 1. The van der Waals surface area contributed by atoms with Crippen molar-refractivity contribution in [3.05, 3.63) is 46.4 Å². The predicted molar refractivity (Wildman–Crippen MR) is 103 cm³/mol. The van der Waals surface area contributed by atoms with E-state index in [1.807, 2.05) is 30.5 Å². The summed E-state index contributed by atoms with van der Waals surface area (Å²) in [5.41, 5.74) is 1.88. The van der Waals surface area contributed by atoms with Crippen molar-refractivity contribution in [3.63, 3.8) is 0 Å². The topological polar surface area (TPSA) is 86.1 Å². The second-order valence-electron chi connectivity index (χ2n) is 6.73. The second-order valence-corrected chi connectivity index (χ2v) is 7.80. The number of aliphatic carboxylic acids is 1. The van der Waals surface area contributed by atoms with Crippen LogP contribution < -0.4 is 5.01 Å². The van der Waals surface area contributed by atoms with E-state index in [1.165, 1.54) is 5.01 Å². The summed E-state index contributed by atoms with van der Waals surface area (Å²) in [6.45, 7) is 2.59. The number of hydrogen-bond acceptors (Lipinski definition) is 6. The van der Waals surface area contributed by atoms with E-state index in [2.05, 4.69) is 10.1 Å². The molecule has 27 heavy (non-hydrogen) atoms. The molecule has 2 aliphatic rings. The summed E-state index contributed by atoms with van der Waals surface area (Å²) in [6.07, 6.45) is 1.88. The van der Waals surface area contributed by atoms with Crippen LogP contribution in [-0.4, -0.2) is 45.2 Å². The lowest BCUT2D eigenvalue weighted by atomic mass is 10.1. The normalized spacial score (nSPS) is 22.2. The number of rotatable bonds is 4. The Morgan fingerprint density at radius 1 is 1.26 bits per heavy atom. The molecular formula is C19H20N4O3S. The third-order valence-electron chi connectivity index (χ3n) is 4.95. The Labute approximate surface area is 160 Å². The monoisotopic (exact) mass is 384 g/mol. The highest BCUT2D eigenvalue weighted by molar-refractivity contribution is 7.09. The Hall–Kier alpha value is -2.74. The number of likely N-dealkylation sites (tertiary alicyclic amines) is 1. The van der Waals surface area contributed by atoms with Crippen LogP contribution in [0.3, 0.4) is 0 Å². The minimum atomic E-state index is -0.987. The average Bonchev–Trinajstić information content (AvgIpc) is 3.40. The Morgan fingerprint density at radius 3 is 2.70 bits per heavy atom. The molecule has 1 fully saturated rings. The largest absolute Gasteiger partial charge is 0.480 e. The maximum atomic E-state index is 13.1. The van der Waals surface area contributed by atoms with Crippen molar-refractivity contribution in [1.82, 2.24) is 9.88 Å². The third-order valence-corrected chi connectivity index (χ3v) is 5.75. The summed E-state index contributed by atoms with van der Waals surface area (Å²) >= 11 is 1.57. The Kier molecular flexibility index (Phi) is 4.65. The Balaban J connectivity index is 1.60. The maximum Gasteiger partial charge on any atom is 0.328 e. The van der Waals surface area contributed by atoms with E-state index in [9.17, 15) is 14.7 Å². The molecule has 2 unspecified atom stereocenters. The number of carbonyl (C=O) groups excluding carboxylic acids is 1. The number of thiazole rings is 1. The molecular weight excluding hydrogens is 364 g/mol. The first kappa shape index (κ1) is 17.7. The van der Waals surface area contributed by atoms with Gasteiger partial charge in [0, 0.05) is 18.3 Å². The number of carboxylic acid groups (broad SMARTS) is 1. The summed E-state index contributed by atoms with van der Waals surface area (Å²) in [6, 6.07) is 8.17. The van der Waals surface area contributed by atoms with Gasteiger partial charge in [-0.3, -0.25) is 9.80 Å². The Bertz CT molecular complexity index is 895. The minimum Gasteiger partial charge on any atom is -0.480 e. The SMILES string of the molecule is Cc1nc(C2CCCN2C(=O)C2=NN(c3ccccc3)C(C(=O)O)C2)cs1. The van der Waals surface area contributed by atoms with E-state index in [4.69, 9.17) is 0 Å². The highest BCUT2D eigenvalue weighted by Gasteiger charge is 2.40. The zero-order chi connectivity index (χ0) is 19.0. The molecule has 140 valence electrons. The molecule has 1 aromatic heterocycles. The van der Waals surface area contributed by atoms with Crippen molar-refractivity contribution in [2.45, 2.75) is 38.3 Å². The van der Waals surface area contributed by atoms with Crippen molar-refractivity contribution in [1.29, 1.82) is 0 Å². The first-order chi connectivity index (χ1) is 13.0. The van der Waals surface area contributed by atoms with Crippen molar-refractivity contribution in [3.8, 4) is 0 Å². The van der Waals surface area contributed by atoms with Gasteiger partial charge in [0.25, 0.3) is 5.91 Å². The number of carboxylic acids is 1. The molecule has 2 atom stereocenters. The maximum absolute atomic E-state index is 13.1. The fourth-order valence-electron chi connectivity index (χ4n) is 3.67. The quantitative estimate of drug-likeness (QED) is 0.876. The molecule has 1 saturated heterocycles. The first-order valence-electron chi connectivity index (χ1n) is 8.92. The van der Waals surface area contributed by atoms with Crippen molar-refractivity contribution < 1.29 is 14.7 Å². The molecule has 2 aromatic rings. The van der Waals surface area contributed by atoms with Gasteiger partial charge in [0.1, 0.15) is 5.71 Å². The predicted octanol–water partition coefficient (Wildman–Crippen LogP) is 2.83. The molecule has 0 saturated carbocycles. The molecule has 2 aliphatic heterocycles. The number of anilines is 1. The molecule has 0 spiro atoms. The molecule has 7 nitrogen and oxygen atoms in total. The summed E-state index contributed by atoms with van der Waals surface area (Å²) in [4.78, 5) is 31.2. The van der Waals surface area contributed by atoms with Crippen LogP contribution in [0.5, 0.6) is 0 Å². The van der Waals surface area contributed by atoms with Gasteiger partial charge in [-0.15, -0.1) is 11.3 Å². The smallest absolute Gasteiger partial charge is 0.328 e. The van der Waals surface area contributed by atoms with Gasteiger partial charge in [-0.1, -0.05) is 18.2 Å². The van der Waals surface area contributed by atoms with Crippen LogP contribution in [0.25, 0.3) is 0 Å². The lowest BCUT2D eigenvalue weighted by Gasteiger charge is -2.23. The molecule has 1 aromatic carbocycles. The number of benzene rings is 1. The highest BCUT2D eigenvalue weighted by atomic mass is 32.1. The zero-order valence-corrected chi connectivity index (χ0v) is 15.7. The van der Waals surface area contributed by atoms with E-state index >= 15 is 0 Å². The number of hydrazone groups is 1. The van der Waals surface area contributed by atoms with Gasteiger partial charge in [-0.05, 0) is 31.9 Å². The molecule has 3 heterocycles. The van der Waals surface area contributed by atoms with Gasteiger partial charge in [0.15, 0.2) is 6.04 Å². The van der Waals surface area contributed by atoms with Crippen LogP contribution >= 0.6 is 11.3 Å². The fourth-order valence-corrected chi connectivity index (χ4v) is 4.33. The standard InChI is InChI=1S/C19H20N4O3S/c1-12-20-15(11-27-12)16-8-5-9-22(16)18(24)14-10-17(19(25)26)23(21-14)13-6-3-2-4-7-13/h2-4,6-7,11,16-17H,5,8-10H2,1H3,(H,25,26). The van der Waals surface area contributed by atoms with E-state index < -0.39 is 12.0 Å². The number of aryl methyl sites for hydroxylation is 1. The van der Waals surface area contributed by atoms with Gasteiger partial charge in [-0.2, -0.15) is 5.10 Å². The molecule has 0 aliphatic carbocycles. The van der Waals surface area contributed by atoms with Crippen molar-refractivity contribution >= 4 is 34.6 Å². The lowest BCUT2D eigenvalue weighted by Crippen LogP contribution is -2.37. The van der Waals surface area contributed by atoms with Crippen LogP contribution in [-0.2, 0) is 9.59 Å². The summed E-state index contributed by atoms with van der Waals surface area (Å²) in [5, 5.41) is 18.4. The number of nitrogens with zero attached hydrogens (tertiary/aromatic N) is 4. The average molecular weight is 384 g/mol. The van der Waals surface area contributed by atoms with Crippen LogP contribution in [0.1, 0.15) is 36.0 Å². The number of aromatic nitrogens is 1. The molecule has 8 heteroatoms. The minimum absolute atomic E-state index is 0.0563. The number of amides is 1. The summed E-state index contributed by atoms with van der Waals surface area (Å²) in [5.74, 6) is -1.17. The second kappa shape index (κ2) is 7.11. The van der Waals surface area contributed by atoms with Crippen molar-refractivity contribution in [2.75, 3.05) is 11.6 Å². The van der Waals surface area contributed by atoms with Gasteiger partial charge < -0.3 is 10.0 Å². The zero-order valence-electron chi connectivity index (χ0n) is 14.9. The van der Waals surface area contributed by atoms with Gasteiger partial charge in [0.05, 0.1) is 22.4 Å². The highest BCUT2D eigenvalue weighted by Crippen LogP contribution is 2.34. The van der Waals surface area contributed by atoms with Crippen LogP contribution in [0, 0.1) is 6.92 Å². The molecule has 1 amide bonds. The lowest BCUT2D eigenvalue weighted by molar-refractivity contribution is -0.138.